The Bertz CT molecular complexity index is 777. The molecule has 2 aromatic carbocycles. The Morgan fingerprint density at radius 2 is 2.04 bits per heavy atom. The van der Waals surface area contributed by atoms with Gasteiger partial charge in [0.2, 0.25) is 0 Å². The maximum absolute atomic E-state index is 12.3. The zero-order valence-corrected chi connectivity index (χ0v) is 15.5. The highest BCUT2D eigenvalue weighted by molar-refractivity contribution is 6.31. The summed E-state index contributed by atoms with van der Waals surface area (Å²) in [5, 5.41) is 3.53. The molecule has 0 saturated heterocycles. The van der Waals surface area contributed by atoms with Crippen molar-refractivity contribution in [1.82, 2.24) is 5.32 Å². The molecule has 1 aliphatic carbocycles. The molecule has 0 aliphatic heterocycles. The molecule has 5 nitrogen and oxygen atoms in total. The summed E-state index contributed by atoms with van der Waals surface area (Å²) in [7, 11) is 1.54. The van der Waals surface area contributed by atoms with Crippen molar-refractivity contribution in [3.05, 3.63) is 58.6 Å². The fourth-order valence-corrected chi connectivity index (χ4v) is 2.89. The second-order valence-corrected chi connectivity index (χ2v) is 6.86. The van der Waals surface area contributed by atoms with E-state index in [9.17, 15) is 4.79 Å². The van der Waals surface area contributed by atoms with Crippen molar-refractivity contribution in [3.8, 4) is 11.5 Å². The molecular formula is C20H23ClN2O3. The molecule has 2 aromatic rings. The molecule has 6 heteroatoms. The van der Waals surface area contributed by atoms with Crippen LogP contribution in [0.15, 0.2) is 42.5 Å². The third-order valence-electron chi connectivity index (χ3n) is 4.49. The number of carbonyl (C=O) groups is 1. The van der Waals surface area contributed by atoms with Crippen molar-refractivity contribution in [2.75, 3.05) is 13.7 Å². The topological polar surface area (TPSA) is 73.6 Å². The molecule has 1 atom stereocenters. The summed E-state index contributed by atoms with van der Waals surface area (Å²) in [6.07, 6.45) is 2.31. The average Bonchev–Trinajstić information content (AvgIpc) is 3.50. The van der Waals surface area contributed by atoms with E-state index in [1.165, 1.54) is 0 Å². The van der Waals surface area contributed by atoms with Gasteiger partial charge in [0.1, 0.15) is 6.61 Å². The molecular weight excluding hydrogens is 352 g/mol. The summed E-state index contributed by atoms with van der Waals surface area (Å²) in [4.78, 5) is 12.3. The van der Waals surface area contributed by atoms with Crippen molar-refractivity contribution in [1.29, 1.82) is 0 Å². The minimum absolute atomic E-state index is 0.0269. The Hall–Kier alpha value is -2.24. The molecule has 0 spiro atoms. The highest BCUT2D eigenvalue weighted by atomic mass is 35.5. The minimum Gasteiger partial charge on any atom is -0.493 e. The van der Waals surface area contributed by atoms with E-state index in [1.54, 1.807) is 25.3 Å². The molecule has 1 saturated carbocycles. The van der Waals surface area contributed by atoms with Gasteiger partial charge >= 0.3 is 0 Å². The molecule has 0 radical (unpaired) electrons. The monoisotopic (exact) mass is 374 g/mol. The lowest BCUT2D eigenvalue weighted by Crippen LogP contribution is -2.38. The van der Waals surface area contributed by atoms with Crippen molar-refractivity contribution in [2.24, 2.45) is 11.7 Å². The van der Waals surface area contributed by atoms with E-state index in [2.05, 4.69) is 5.32 Å². The van der Waals surface area contributed by atoms with Crippen molar-refractivity contribution < 1.29 is 14.3 Å². The summed E-state index contributed by atoms with van der Waals surface area (Å²) in [6, 6.07) is 12.6. The van der Waals surface area contributed by atoms with E-state index >= 15 is 0 Å². The van der Waals surface area contributed by atoms with Gasteiger partial charge in [-0.1, -0.05) is 29.8 Å². The van der Waals surface area contributed by atoms with E-state index in [-0.39, 0.29) is 11.9 Å². The number of benzene rings is 2. The van der Waals surface area contributed by atoms with Crippen LogP contribution in [0.2, 0.25) is 5.02 Å². The van der Waals surface area contributed by atoms with Gasteiger partial charge in [-0.3, -0.25) is 4.79 Å². The fourth-order valence-electron chi connectivity index (χ4n) is 2.70. The number of ether oxygens (including phenoxy) is 2. The summed E-state index contributed by atoms with van der Waals surface area (Å²) < 4.78 is 11.2. The van der Waals surface area contributed by atoms with E-state index in [0.29, 0.717) is 41.2 Å². The van der Waals surface area contributed by atoms with E-state index in [0.717, 1.165) is 18.4 Å². The first kappa shape index (κ1) is 18.5. The summed E-state index contributed by atoms with van der Waals surface area (Å²) in [6.45, 7) is 0.800. The predicted molar refractivity (Wildman–Crippen MR) is 102 cm³/mol. The van der Waals surface area contributed by atoms with Gasteiger partial charge in [-0.2, -0.15) is 0 Å². The molecule has 3 rings (SSSR count). The van der Waals surface area contributed by atoms with Crippen LogP contribution in [-0.2, 0) is 6.61 Å². The second kappa shape index (κ2) is 8.43. The highest BCUT2D eigenvalue weighted by Gasteiger charge is 2.28. The molecule has 1 aliphatic rings. The lowest BCUT2D eigenvalue weighted by molar-refractivity contribution is 0.0950. The van der Waals surface area contributed by atoms with Gasteiger partial charge in [0.05, 0.1) is 7.11 Å². The average molecular weight is 375 g/mol. The molecule has 0 heterocycles. The van der Waals surface area contributed by atoms with Gasteiger partial charge in [0.15, 0.2) is 11.5 Å². The third-order valence-corrected chi connectivity index (χ3v) is 4.86. The summed E-state index contributed by atoms with van der Waals surface area (Å²) in [5.41, 5.74) is 7.41. The Kier molecular flexibility index (Phi) is 6.01. The van der Waals surface area contributed by atoms with Crippen LogP contribution in [0.25, 0.3) is 0 Å². The smallest absolute Gasteiger partial charge is 0.251 e. The maximum Gasteiger partial charge on any atom is 0.251 e. The van der Waals surface area contributed by atoms with Crippen molar-refractivity contribution in [2.45, 2.75) is 25.5 Å². The van der Waals surface area contributed by atoms with Gasteiger partial charge in [-0.15, -0.1) is 0 Å². The molecule has 3 N–H and O–H groups in total. The summed E-state index contributed by atoms with van der Waals surface area (Å²) >= 11 is 6.14. The molecule has 138 valence electrons. The van der Waals surface area contributed by atoms with Crippen LogP contribution in [0.4, 0.5) is 0 Å². The zero-order chi connectivity index (χ0) is 18.5. The lowest BCUT2D eigenvalue weighted by atomic mass is 10.1. The maximum atomic E-state index is 12.3. The van der Waals surface area contributed by atoms with Gasteiger partial charge < -0.3 is 20.5 Å². The molecule has 0 bridgehead atoms. The van der Waals surface area contributed by atoms with Crippen LogP contribution in [0.1, 0.15) is 28.8 Å². The number of nitrogens with one attached hydrogen (secondary N) is 1. The Balaban J connectivity index is 1.63. The SMILES string of the molecule is COc1cc(C(=O)NCC(N)C2CC2)ccc1OCc1ccccc1Cl. The van der Waals surface area contributed by atoms with E-state index < -0.39 is 0 Å². The molecule has 0 aromatic heterocycles. The number of carbonyl (C=O) groups excluding carboxylic acids is 1. The normalized spacial score (nSPS) is 14.6. The van der Waals surface area contributed by atoms with E-state index in [4.69, 9.17) is 26.8 Å². The number of methoxy groups -OCH3 is 1. The van der Waals surface area contributed by atoms with Crippen LogP contribution in [0.5, 0.6) is 11.5 Å². The summed E-state index contributed by atoms with van der Waals surface area (Å²) in [5.74, 6) is 1.43. The Morgan fingerprint density at radius 1 is 1.27 bits per heavy atom. The number of rotatable bonds is 8. The zero-order valence-electron chi connectivity index (χ0n) is 14.7. The number of hydrogen-bond donors (Lipinski definition) is 2. The van der Waals surface area contributed by atoms with Crippen LogP contribution in [0, 0.1) is 5.92 Å². The first-order valence-corrected chi connectivity index (χ1v) is 9.04. The second-order valence-electron chi connectivity index (χ2n) is 6.46. The Labute approximate surface area is 158 Å². The first-order valence-electron chi connectivity index (χ1n) is 8.66. The number of halogens is 1. The van der Waals surface area contributed by atoms with Crippen molar-refractivity contribution >= 4 is 17.5 Å². The van der Waals surface area contributed by atoms with Gasteiger partial charge in [0, 0.05) is 28.7 Å². The van der Waals surface area contributed by atoms with Crippen LogP contribution in [-0.4, -0.2) is 25.6 Å². The van der Waals surface area contributed by atoms with E-state index in [1.807, 2.05) is 24.3 Å². The van der Waals surface area contributed by atoms with Crippen LogP contribution in [0.3, 0.4) is 0 Å². The standard InChI is InChI=1S/C20H23ClN2O3/c1-25-19-10-14(20(24)23-11-17(22)13-6-7-13)8-9-18(19)26-12-15-4-2-3-5-16(15)21/h2-5,8-10,13,17H,6-7,11-12,22H2,1H3,(H,23,24). The fraction of sp³-hybridized carbons (Fsp3) is 0.350. The molecule has 26 heavy (non-hydrogen) atoms. The number of amides is 1. The van der Waals surface area contributed by atoms with Gasteiger partial charge in [0.25, 0.3) is 5.91 Å². The minimum atomic E-state index is -0.169. The molecule has 1 amide bonds. The lowest BCUT2D eigenvalue weighted by Gasteiger charge is -2.14. The van der Waals surface area contributed by atoms with Crippen LogP contribution < -0.4 is 20.5 Å². The third kappa shape index (κ3) is 4.68. The van der Waals surface area contributed by atoms with Gasteiger partial charge in [-0.25, -0.2) is 0 Å². The quantitative estimate of drug-likeness (QED) is 0.742. The largest absolute Gasteiger partial charge is 0.493 e. The van der Waals surface area contributed by atoms with Crippen molar-refractivity contribution in [3.63, 3.8) is 0 Å². The number of hydrogen-bond acceptors (Lipinski definition) is 4. The van der Waals surface area contributed by atoms with Gasteiger partial charge in [-0.05, 0) is 43.0 Å². The predicted octanol–water partition coefficient (Wildman–Crippen LogP) is 3.39. The Morgan fingerprint density at radius 3 is 2.73 bits per heavy atom. The number of nitrogens with two attached hydrogens (primary N) is 1. The first-order chi connectivity index (χ1) is 12.6. The van der Waals surface area contributed by atoms with Crippen LogP contribution >= 0.6 is 11.6 Å². The highest BCUT2D eigenvalue weighted by Crippen LogP contribution is 2.31. The molecule has 1 fully saturated rings. The molecule has 1 unspecified atom stereocenters.